The van der Waals surface area contributed by atoms with Gasteiger partial charge in [-0.25, -0.2) is 0 Å². The summed E-state index contributed by atoms with van der Waals surface area (Å²) >= 11 is 0. The van der Waals surface area contributed by atoms with E-state index in [1.54, 1.807) is 6.07 Å². The largest absolute Gasteiger partial charge is 0.455 e. The first-order chi connectivity index (χ1) is 25.0. The highest BCUT2D eigenvalue weighted by atomic mass is 16.3. The Balaban J connectivity index is 1.16. The van der Waals surface area contributed by atoms with E-state index in [1.165, 1.54) is 49.0 Å². The van der Waals surface area contributed by atoms with Crippen molar-refractivity contribution >= 4 is 65.0 Å². The summed E-state index contributed by atoms with van der Waals surface area (Å²) < 4.78 is 40.2. The fourth-order valence-electron chi connectivity index (χ4n) is 7.46. The van der Waals surface area contributed by atoms with Crippen LogP contribution in [0.4, 0.5) is 0 Å². The molecule has 10 aromatic rings. The van der Waals surface area contributed by atoms with Gasteiger partial charge in [0.15, 0.2) is 0 Å². The highest BCUT2D eigenvalue weighted by Gasteiger charge is 2.18. The van der Waals surface area contributed by atoms with Gasteiger partial charge in [0.05, 0.1) is 5.48 Å². The Kier molecular flexibility index (Phi) is 4.83. The average molecular weight is 601 g/mol. The van der Waals surface area contributed by atoms with E-state index in [1.807, 2.05) is 24.3 Å². The van der Waals surface area contributed by atoms with E-state index in [4.69, 9.17) is 9.90 Å². The molecule has 10 rings (SSSR count). The summed E-state index contributed by atoms with van der Waals surface area (Å²) in [6.07, 6.45) is 0. The summed E-state index contributed by atoms with van der Waals surface area (Å²) in [7, 11) is 0. The number of benzene rings is 9. The zero-order valence-corrected chi connectivity index (χ0v) is 25.3. The first-order valence-electron chi connectivity index (χ1n) is 17.9. The van der Waals surface area contributed by atoms with Gasteiger partial charge < -0.3 is 4.42 Å². The van der Waals surface area contributed by atoms with Gasteiger partial charge in [-0.05, 0) is 83.0 Å². The van der Waals surface area contributed by atoms with E-state index in [2.05, 4.69) is 115 Å². The topological polar surface area (TPSA) is 13.1 Å². The smallest absolute Gasteiger partial charge is 0.143 e. The van der Waals surface area contributed by atoms with E-state index < -0.39 is 0 Å². The SMILES string of the molecule is [2H]c1c([2H])c([2H])c2c(ccc3oc4c(-c5ccc(-c6c7ccccc7c(-c7ccc8ccccc8c7)c7ccccc67)cc5)cccc4c32)c1[2H]. The lowest BCUT2D eigenvalue weighted by Crippen LogP contribution is -1.91. The minimum absolute atomic E-state index is 0.0423. The molecule has 1 nitrogen and oxygen atoms in total. The number of hydrogen-bond donors (Lipinski definition) is 0. The molecule has 9 aromatic carbocycles. The van der Waals surface area contributed by atoms with Crippen LogP contribution in [0.15, 0.2) is 174 Å². The average Bonchev–Trinajstić information content (AvgIpc) is 3.57. The Hall–Kier alpha value is -6.18. The Morgan fingerprint density at radius 2 is 0.979 bits per heavy atom. The van der Waals surface area contributed by atoms with Crippen molar-refractivity contribution in [2.75, 3.05) is 0 Å². The molecule has 0 N–H and O–H groups in total. The van der Waals surface area contributed by atoms with Crippen LogP contribution in [0.25, 0.3) is 98.4 Å². The van der Waals surface area contributed by atoms with Gasteiger partial charge in [0.2, 0.25) is 0 Å². The molecule has 0 atom stereocenters. The maximum Gasteiger partial charge on any atom is 0.143 e. The molecule has 0 bridgehead atoms. The van der Waals surface area contributed by atoms with Gasteiger partial charge in [0.25, 0.3) is 0 Å². The predicted octanol–water partition coefficient (Wildman–Crippen LogP) is 13.2. The molecule has 1 aromatic heterocycles. The summed E-state index contributed by atoms with van der Waals surface area (Å²) in [6.45, 7) is 0. The van der Waals surface area contributed by atoms with E-state index in [0.29, 0.717) is 27.3 Å². The fraction of sp³-hybridized carbons (Fsp3) is 0. The maximum atomic E-state index is 8.72. The quantitative estimate of drug-likeness (QED) is 0.184. The third kappa shape index (κ3) is 3.97. The molecular formula is C46H28O. The summed E-state index contributed by atoms with van der Waals surface area (Å²) in [4.78, 5) is 0. The highest BCUT2D eigenvalue weighted by Crippen LogP contribution is 2.45. The second-order valence-corrected chi connectivity index (χ2v) is 12.1. The van der Waals surface area contributed by atoms with E-state index in [-0.39, 0.29) is 24.2 Å². The van der Waals surface area contributed by atoms with Gasteiger partial charge in [-0.3, -0.25) is 0 Å². The van der Waals surface area contributed by atoms with E-state index in [0.717, 1.165) is 22.1 Å². The number of furan rings is 1. The third-order valence-electron chi connectivity index (χ3n) is 9.56. The van der Waals surface area contributed by atoms with Crippen LogP contribution in [0.5, 0.6) is 0 Å². The molecule has 0 radical (unpaired) electrons. The molecule has 218 valence electrons. The summed E-state index contributed by atoms with van der Waals surface area (Å²) in [5.41, 5.74) is 7.95. The van der Waals surface area contributed by atoms with Crippen molar-refractivity contribution in [3.05, 3.63) is 170 Å². The summed E-state index contributed by atoms with van der Waals surface area (Å²) in [5.74, 6) is 0. The molecule has 0 unspecified atom stereocenters. The molecule has 0 saturated carbocycles. The Morgan fingerprint density at radius 1 is 0.404 bits per heavy atom. The molecular weight excluding hydrogens is 569 g/mol. The summed E-state index contributed by atoms with van der Waals surface area (Å²) in [5, 5.41) is 9.76. The van der Waals surface area contributed by atoms with Gasteiger partial charge in [-0.15, -0.1) is 0 Å². The van der Waals surface area contributed by atoms with Crippen molar-refractivity contribution in [1.82, 2.24) is 0 Å². The lowest BCUT2D eigenvalue weighted by atomic mass is 9.85. The predicted molar refractivity (Wildman–Crippen MR) is 200 cm³/mol. The van der Waals surface area contributed by atoms with Crippen molar-refractivity contribution in [2.24, 2.45) is 0 Å². The molecule has 1 heteroatoms. The number of rotatable bonds is 3. The van der Waals surface area contributed by atoms with Gasteiger partial charge in [-0.1, -0.05) is 158 Å². The number of para-hydroxylation sites is 1. The minimum atomic E-state index is -0.244. The monoisotopic (exact) mass is 600 g/mol. The molecule has 0 aliphatic carbocycles. The summed E-state index contributed by atoms with van der Waals surface area (Å²) in [6, 6.07) is 50.3. The Bertz CT molecular complexity index is 3010. The van der Waals surface area contributed by atoms with Crippen molar-refractivity contribution in [2.45, 2.75) is 0 Å². The van der Waals surface area contributed by atoms with Crippen LogP contribution in [-0.2, 0) is 0 Å². The van der Waals surface area contributed by atoms with Crippen LogP contribution in [0.3, 0.4) is 0 Å². The second kappa shape index (κ2) is 10.2. The van der Waals surface area contributed by atoms with Gasteiger partial charge >= 0.3 is 0 Å². The molecule has 0 aliphatic heterocycles. The lowest BCUT2D eigenvalue weighted by Gasteiger charge is -2.18. The third-order valence-corrected chi connectivity index (χ3v) is 9.56. The Labute approximate surface area is 277 Å². The van der Waals surface area contributed by atoms with Crippen LogP contribution in [0.1, 0.15) is 5.48 Å². The highest BCUT2D eigenvalue weighted by molar-refractivity contribution is 6.22. The van der Waals surface area contributed by atoms with Crippen LogP contribution < -0.4 is 0 Å². The molecule has 0 aliphatic rings. The molecule has 1 heterocycles. The zero-order valence-electron chi connectivity index (χ0n) is 29.3. The number of fused-ring (bicyclic) bond motifs is 8. The standard InChI is InChI=1S/C46H28O/c1-2-12-33-28-34(25-20-29(33)10-1)44-39-16-7-5-14-37(39)43(38-15-6-8-17-40(38)44)32-23-21-31(22-24-32)36-18-9-19-41-45-35-13-4-3-11-30(35)26-27-42(45)47-46(36)41/h1-28H/i3D,4D,11D,13D. The zero-order chi connectivity index (χ0) is 34.4. The molecule has 0 spiro atoms. The van der Waals surface area contributed by atoms with E-state index in [9.17, 15) is 0 Å². The van der Waals surface area contributed by atoms with Crippen LogP contribution in [0, 0.1) is 0 Å². The normalized spacial score (nSPS) is 13.0. The van der Waals surface area contributed by atoms with Crippen LogP contribution in [0.2, 0.25) is 0 Å². The Morgan fingerprint density at radius 3 is 1.72 bits per heavy atom. The van der Waals surface area contributed by atoms with Crippen molar-refractivity contribution in [3.63, 3.8) is 0 Å². The van der Waals surface area contributed by atoms with Gasteiger partial charge in [0, 0.05) is 16.3 Å². The minimum Gasteiger partial charge on any atom is -0.455 e. The lowest BCUT2D eigenvalue weighted by molar-refractivity contribution is 0.670. The molecule has 0 fully saturated rings. The van der Waals surface area contributed by atoms with Crippen molar-refractivity contribution in [3.8, 4) is 33.4 Å². The second-order valence-electron chi connectivity index (χ2n) is 12.1. The number of hydrogen-bond acceptors (Lipinski definition) is 1. The molecule has 47 heavy (non-hydrogen) atoms. The van der Waals surface area contributed by atoms with Crippen LogP contribution >= 0.6 is 0 Å². The van der Waals surface area contributed by atoms with Crippen LogP contribution in [-0.4, -0.2) is 0 Å². The van der Waals surface area contributed by atoms with Crippen molar-refractivity contribution < 1.29 is 9.90 Å². The maximum absolute atomic E-state index is 8.72. The van der Waals surface area contributed by atoms with Crippen molar-refractivity contribution in [1.29, 1.82) is 0 Å². The first-order valence-corrected chi connectivity index (χ1v) is 15.9. The molecule has 0 saturated heterocycles. The molecule has 0 amide bonds. The fourth-order valence-corrected chi connectivity index (χ4v) is 7.46. The van der Waals surface area contributed by atoms with Gasteiger partial charge in [-0.2, -0.15) is 0 Å². The first kappa shape index (κ1) is 22.3. The van der Waals surface area contributed by atoms with Gasteiger partial charge in [0.1, 0.15) is 11.2 Å². The van der Waals surface area contributed by atoms with E-state index >= 15 is 0 Å².